The minimum Gasteiger partial charge on any atom is -0.392 e. The third kappa shape index (κ3) is 5.99. The van der Waals surface area contributed by atoms with Gasteiger partial charge in [0.05, 0.1) is 6.61 Å². The van der Waals surface area contributed by atoms with Gasteiger partial charge in [-0.1, -0.05) is 94.9 Å². The Morgan fingerprint density at radius 1 is 0.562 bits per heavy atom. The van der Waals surface area contributed by atoms with Gasteiger partial charge in [0.1, 0.15) is 16.1 Å². The Labute approximate surface area is 201 Å². The van der Waals surface area contributed by atoms with E-state index in [0.29, 0.717) is 33.2 Å². The zero-order valence-corrected chi connectivity index (χ0v) is 24.9. The number of hydrogen-bond donors (Lipinski definition) is 1. The zero-order valence-electron chi connectivity index (χ0n) is 22.9. The van der Waals surface area contributed by atoms with Crippen molar-refractivity contribution in [2.24, 2.45) is 0 Å². The van der Waals surface area contributed by atoms with Crippen molar-refractivity contribution in [3.8, 4) is 22.9 Å². The molecule has 0 atom stereocenters. The molecule has 0 aromatic heterocycles. The van der Waals surface area contributed by atoms with Crippen LogP contribution in [0.2, 0.25) is 33.2 Å². The molecule has 0 fully saturated rings. The van der Waals surface area contributed by atoms with E-state index in [1.807, 2.05) is 12.1 Å². The van der Waals surface area contributed by atoms with Crippen molar-refractivity contribution in [3.05, 3.63) is 34.9 Å². The first-order valence-electron chi connectivity index (χ1n) is 12.6. The van der Waals surface area contributed by atoms with E-state index in [2.05, 4.69) is 112 Å². The van der Waals surface area contributed by atoms with Gasteiger partial charge in [0.2, 0.25) is 0 Å². The van der Waals surface area contributed by atoms with Crippen molar-refractivity contribution >= 4 is 16.1 Å². The molecule has 1 rings (SSSR count). The SMILES string of the molecule is CC(C)[Si](C#Cc1cc(C#C[Si](C(C)C)(C(C)C)C(C)C)cc(CO)c1)(C(C)C)C(C)C. The molecule has 0 spiro atoms. The van der Waals surface area contributed by atoms with Gasteiger partial charge in [0.15, 0.2) is 0 Å². The molecule has 0 saturated heterocycles. The summed E-state index contributed by atoms with van der Waals surface area (Å²) in [5.41, 5.74) is 14.1. The van der Waals surface area contributed by atoms with Gasteiger partial charge in [0.25, 0.3) is 0 Å². The molecule has 0 aliphatic rings. The molecule has 0 aliphatic carbocycles. The van der Waals surface area contributed by atoms with Crippen LogP contribution in [-0.2, 0) is 6.61 Å². The highest BCUT2D eigenvalue weighted by atomic mass is 28.3. The molecule has 1 nitrogen and oxygen atoms in total. The number of aliphatic hydroxyl groups excluding tert-OH is 1. The van der Waals surface area contributed by atoms with E-state index in [4.69, 9.17) is 0 Å². The lowest BCUT2D eigenvalue weighted by atomic mass is 10.1. The van der Waals surface area contributed by atoms with Crippen LogP contribution in [0.4, 0.5) is 0 Å². The second-order valence-electron chi connectivity index (χ2n) is 11.4. The van der Waals surface area contributed by atoms with Crippen LogP contribution < -0.4 is 0 Å². The molecule has 178 valence electrons. The van der Waals surface area contributed by atoms with Gasteiger partial charge < -0.3 is 5.11 Å². The molecule has 1 aromatic carbocycles. The number of hydrogen-bond acceptors (Lipinski definition) is 1. The molecular weight excluding hydrogens is 420 g/mol. The van der Waals surface area contributed by atoms with Crippen LogP contribution in [0.1, 0.15) is 99.8 Å². The van der Waals surface area contributed by atoms with Crippen LogP contribution in [0, 0.1) is 22.9 Å². The van der Waals surface area contributed by atoms with Crippen LogP contribution in [0.25, 0.3) is 0 Å². The fourth-order valence-electron chi connectivity index (χ4n) is 6.15. The van der Waals surface area contributed by atoms with Crippen molar-refractivity contribution in [2.75, 3.05) is 0 Å². The van der Waals surface area contributed by atoms with Crippen molar-refractivity contribution < 1.29 is 5.11 Å². The number of aliphatic hydroxyl groups is 1. The van der Waals surface area contributed by atoms with Gasteiger partial charge in [-0.3, -0.25) is 0 Å². The van der Waals surface area contributed by atoms with Crippen LogP contribution >= 0.6 is 0 Å². The maximum atomic E-state index is 9.89. The molecule has 0 radical (unpaired) electrons. The molecule has 0 saturated carbocycles. The van der Waals surface area contributed by atoms with E-state index in [1.54, 1.807) is 0 Å². The zero-order chi connectivity index (χ0) is 24.9. The van der Waals surface area contributed by atoms with Gasteiger partial charge in [0, 0.05) is 11.1 Å². The summed E-state index contributed by atoms with van der Waals surface area (Å²) >= 11 is 0. The first-order chi connectivity index (χ1) is 14.7. The van der Waals surface area contributed by atoms with E-state index >= 15 is 0 Å². The Balaban J connectivity index is 3.62. The lowest BCUT2D eigenvalue weighted by Gasteiger charge is -2.38. The lowest BCUT2D eigenvalue weighted by molar-refractivity contribution is 0.282. The smallest absolute Gasteiger partial charge is 0.146 e. The summed E-state index contributed by atoms with van der Waals surface area (Å²) in [4.78, 5) is 0. The number of rotatable bonds is 7. The summed E-state index contributed by atoms with van der Waals surface area (Å²) in [6, 6.07) is 6.21. The highest BCUT2D eigenvalue weighted by molar-refractivity contribution is 6.91. The molecular formula is C29H48OSi2. The second-order valence-corrected chi connectivity index (χ2v) is 22.5. The van der Waals surface area contributed by atoms with Gasteiger partial charge in [-0.05, 0) is 57.0 Å². The van der Waals surface area contributed by atoms with Gasteiger partial charge in [-0.15, -0.1) is 11.1 Å². The third-order valence-electron chi connectivity index (χ3n) is 7.75. The highest BCUT2D eigenvalue weighted by Crippen LogP contribution is 2.41. The van der Waals surface area contributed by atoms with Crippen LogP contribution in [-0.4, -0.2) is 21.3 Å². The monoisotopic (exact) mass is 468 g/mol. The average Bonchev–Trinajstić information content (AvgIpc) is 2.67. The standard InChI is InChI=1S/C29H48OSi2/c1-21(2)31(22(3)4,23(5)6)15-13-27-17-28(19-29(18-27)20-30)14-16-32(24(7)8,25(9)10)26(11)12/h17-19,21-26,30H,20H2,1-12H3. The fourth-order valence-corrected chi connectivity index (χ4v) is 16.6. The van der Waals surface area contributed by atoms with Crippen molar-refractivity contribution in [2.45, 2.75) is 123 Å². The van der Waals surface area contributed by atoms with E-state index in [-0.39, 0.29) is 6.61 Å². The maximum absolute atomic E-state index is 9.89. The van der Waals surface area contributed by atoms with Crippen LogP contribution in [0.5, 0.6) is 0 Å². The fraction of sp³-hybridized carbons (Fsp3) is 0.655. The predicted molar refractivity (Wildman–Crippen MR) is 148 cm³/mol. The molecule has 0 amide bonds. The molecule has 0 heterocycles. The largest absolute Gasteiger partial charge is 0.392 e. The topological polar surface area (TPSA) is 20.2 Å². The van der Waals surface area contributed by atoms with E-state index in [1.165, 1.54) is 0 Å². The normalized spacial score (nSPS) is 12.6. The molecule has 32 heavy (non-hydrogen) atoms. The molecule has 0 unspecified atom stereocenters. The highest BCUT2D eigenvalue weighted by Gasteiger charge is 2.42. The Morgan fingerprint density at radius 3 is 1.06 bits per heavy atom. The summed E-state index contributed by atoms with van der Waals surface area (Å²) in [5, 5.41) is 9.89. The van der Waals surface area contributed by atoms with Crippen molar-refractivity contribution in [3.63, 3.8) is 0 Å². The average molecular weight is 469 g/mol. The molecule has 0 bridgehead atoms. The van der Waals surface area contributed by atoms with Crippen LogP contribution in [0.15, 0.2) is 18.2 Å². The maximum Gasteiger partial charge on any atom is 0.146 e. The first kappa shape index (κ1) is 28.8. The Hall–Kier alpha value is -1.27. The summed E-state index contributed by atoms with van der Waals surface area (Å²) in [5.74, 6) is 7.11. The second kappa shape index (κ2) is 11.7. The molecule has 3 heteroatoms. The van der Waals surface area contributed by atoms with E-state index < -0.39 is 16.1 Å². The lowest BCUT2D eigenvalue weighted by Crippen LogP contribution is -2.43. The summed E-state index contributed by atoms with van der Waals surface area (Å²) in [7, 11) is -3.60. The van der Waals surface area contributed by atoms with Crippen LogP contribution in [0.3, 0.4) is 0 Å². The third-order valence-corrected chi connectivity index (χ3v) is 20.3. The summed E-state index contributed by atoms with van der Waals surface area (Å²) < 4.78 is 0. The quantitative estimate of drug-likeness (QED) is 0.315. The molecule has 1 N–H and O–H groups in total. The Morgan fingerprint density at radius 2 is 0.844 bits per heavy atom. The Bertz CT molecular complexity index is 758. The predicted octanol–water partition coefficient (Wildman–Crippen LogP) is 8.32. The van der Waals surface area contributed by atoms with Gasteiger partial charge in [-0.25, -0.2) is 0 Å². The molecule has 1 aromatic rings. The summed E-state index contributed by atoms with van der Waals surface area (Å²) in [6.07, 6.45) is 0. The van der Waals surface area contributed by atoms with Gasteiger partial charge >= 0.3 is 0 Å². The first-order valence-corrected chi connectivity index (χ1v) is 17.0. The van der Waals surface area contributed by atoms with E-state index in [0.717, 1.165) is 16.7 Å². The van der Waals surface area contributed by atoms with Crippen molar-refractivity contribution in [1.29, 1.82) is 0 Å². The van der Waals surface area contributed by atoms with Crippen molar-refractivity contribution in [1.82, 2.24) is 0 Å². The number of benzene rings is 1. The minimum atomic E-state index is -1.80. The van der Waals surface area contributed by atoms with Gasteiger partial charge in [-0.2, -0.15) is 0 Å². The molecule has 0 aliphatic heterocycles. The minimum absolute atomic E-state index is 0.0203. The summed E-state index contributed by atoms with van der Waals surface area (Å²) in [6.45, 7) is 28.1. The Kier molecular flexibility index (Phi) is 10.6. The van der Waals surface area contributed by atoms with E-state index in [9.17, 15) is 5.11 Å².